The second-order valence-corrected chi connectivity index (χ2v) is 7.10. The first-order chi connectivity index (χ1) is 14.0. The first-order valence-corrected chi connectivity index (χ1v) is 9.42. The van der Waals surface area contributed by atoms with Gasteiger partial charge in [0.25, 0.3) is 0 Å². The van der Waals surface area contributed by atoms with Crippen LogP contribution in [-0.2, 0) is 0 Å². The van der Waals surface area contributed by atoms with Crippen molar-refractivity contribution in [3.63, 3.8) is 0 Å². The van der Waals surface area contributed by atoms with Crippen molar-refractivity contribution in [1.29, 1.82) is 0 Å². The number of hydrogen-bond donors (Lipinski definition) is 1. The number of oxazole rings is 1. The highest BCUT2D eigenvalue weighted by Crippen LogP contribution is 2.31. The van der Waals surface area contributed by atoms with Gasteiger partial charge in [-0.1, -0.05) is 11.6 Å². The number of aromatic hydroxyl groups is 1. The van der Waals surface area contributed by atoms with E-state index in [1.165, 1.54) is 0 Å². The molecule has 1 N–H and O–H groups in total. The van der Waals surface area contributed by atoms with Crippen molar-refractivity contribution in [1.82, 2.24) is 4.98 Å². The van der Waals surface area contributed by atoms with E-state index in [0.29, 0.717) is 33.3 Å². The topological polar surface area (TPSA) is 67.9 Å². The Hall–Kier alpha value is -3.31. The van der Waals surface area contributed by atoms with E-state index < -0.39 is 0 Å². The minimum atomic E-state index is 0.150. The van der Waals surface area contributed by atoms with Gasteiger partial charge in [0.2, 0.25) is 5.89 Å². The molecule has 5 nitrogen and oxygen atoms in total. The fourth-order valence-electron chi connectivity index (χ4n) is 3.11. The number of aromatic nitrogens is 1. The van der Waals surface area contributed by atoms with E-state index in [1.54, 1.807) is 19.4 Å². The molecule has 3 aromatic carbocycles. The zero-order valence-corrected chi connectivity index (χ0v) is 17.0. The van der Waals surface area contributed by atoms with Gasteiger partial charge < -0.3 is 14.3 Å². The van der Waals surface area contributed by atoms with E-state index in [9.17, 15) is 5.11 Å². The number of hydrogen-bond acceptors (Lipinski definition) is 5. The molecule has 0 saturated heterocycles. The molecule has 0 atom stereocenters. The van der Waals surface area contributed by atoms with Crippen LogP contribution in [0.1, 0.15) is 16.7 Å². The lowest BCUT2D eigenvalue weighted by molar-refractivity contribution is 0.415. The fourth-order valence-corrected chi connectivity index (χ4v) is 3.26. The van der Waals surface area contributed by atoms with Crippen molar-refractivity contribution in [3.05, 3.63) is 70.2 Å². The average molecular weight is 407 g/mol. The lowest BCUT2D eigenvalue weighted by atomic mass is 10.0. The highest BCUT2D eigenvalue weighted by molar-refractivity contribution is 6.32. The number of aliphatic imine (C=N–C) groups is 1. The van der Waals surface area contributed by atoms with E-state index in [-0.39, 0.29) is 5.75 Å². The SMILES string of the molecule is COc1ccc(-c2nc3cc(N=Cc4c(O)cc(C)c(Cl)c4C)ccc3o2)cc1. The van der Waals surface area contributed by atoms with Gasteiger partial charge in [-0.05, 0) is 73.5 Å². The number of rotatable bonds is 4. The molecular weight excluding hydrogens is 388 g/mol. The van der Waals surface area contributed by atoms with E-state index >= 15 is 0 Å². The van der Waals surface area contributed by atoms with Gasteiger partial charge in [-0.2, -0.15) is 0 Å². The maximum Gasteiger partial charge on any atom is 0.227 e. The number of phenolic OH excluding ortho intramolecular Hbond substituents is 1. The Kier molecular flexibility index (Phi) is 4.99. The normalized spacial score (nSPS) is 11.4. The molecular formula is C23H19ClN2O3. The molecule has 1 aromatic heterocycles. The van der Waals surface area contributed by atoms with Gasteiger partial charge in [0.05, 0.1) is 12.8 Å². The largest absolute Gasteiger partial charge is 0.507 e. The van der Waals surface area contributed by atoms with Crippen LogP contribution >= 0.6 is 11.6 Å². The summed E-state index contributed by atoms with van der Waals surface area (Å²) in [7, 11) is 1.63. The van der Waals surface area contributed by atoms with E-state index in [2.05, 4.69) is 9.98 Å². The van der Waals surface area contributed by atoms with Crippen LogP contribution in [0, 0.1) is 13.8 Å². The van der Waals surface area contributed by atoms with E-state index in [0.717, 1.165) is 22.4 Å². The predicted molar refractivity (Wildman–Crippen MR) is 116 cm³/mol. The lowest BCUT2D eigenvalue weighted by Crippen LogP contribution is -1.92. The van der Waals surface area contributed by atoms with Crippen LogP contribution in [0.2, 0.25) is 5.02 Å². The Balaban J connectivity index is 1.66. The Morgan fingerprint density at radius 3 is 2.59 bits per heavy atom. The molecule has 29 heavy (non-hydrogen) atoms. The van der Waals surface area contributed by atoms with Crippen molar-refractivity contribution in [2.24, 2.45) is 4.99 Å². The number of methoxy groups -OCH3 is 1. The summed E-state index contributed by atoms with van der Waals surface area (Å²) in [5.74, 6) is 1.45. The van der Waals surface area contributed by atoms with Crippen LogP contribution in [0.4, 0.5) is 5.69 Å². The van der Waals surface area contributed by atoms with Crippen LogP contribution in [0.25, 0.3) is 22.6 Å². The fraction of sp³-hybridized carbons (Fsp3) is 0.130. The lowest BCUT2D eigenvalue weighted by Gasteiger charge is -2.08. The number of ether oxygens (including phenoxy) is 1. The van der Waals surface area contributed by atoms with Crippen LogP contribution in [0.5, 0.6) is 11.5 Å². The Bertz CT molecular complexity index is 1230. The Morgan fingerprint density at radius 1 is 1.10 bits per heavy atom. The van der Waals surface area contributed by atoms with E-state index in [4.69, 9.17) is 20.8 Å². The minimum Gasteiger partial charge on any atom is -0.507 e. The maximum absolute atomic E-state index is 10.2. The third kappa shape index (κ3) is 3.69. The second-order valence-electron chi connectivity index (χ2n) is 6.72. The standard InChI is InChI=1S/C23H19ClN2O3/c1-13-10-20(27)18(14(2)22(13)24)12-25-16-6-9-21-19(11-16)26-23(29-21)15-4-7-17(28-3)8-5-15/h4-12,27H,1-3H3. The van der Waals surface area contributed by atoms with E-state index in [1.807, 2.05) is 56.3 Å². The second kappa shape index (κ2) is 7.60. The molecule has 0 spiro atoms. The number of fused-ring (bicyclic) bond motifs is 1. The quantitative estimate of drug-likeness (QED) is 0.408. The van der Waals surface area contributed by atoms with Crippen molar-refractivity contribution in [2.75, 3.05) is 7.11 Å². The number of aryl methyl sites for hydroxylation is 1. The number of nitrogens with zero attached hydrogens (tertiary/aromatic N) is 2. The monoisotopic (exact) mass is 406 g/mol. The highest BCUT2D eigenvalue weighted by Gasteiger charge is 2.11. The predicted octanol–water partition coefficient (Wildman–Crippen LogP) is 6.23. The molecule has 0 aliphatic heterocycles. The molecule has 0 amide bonds. The van der Waals surface area contributed by atoms with Crippen LogP contribution in [0.3, 0.4) is 0 Å². The first-order valence-electron chi connectivity index (χ1n) is 9.04. The molecule has 0 bridgehead atoms. The molecule has 146 valence electrons. The molecule has 1 heterocycles. The Morgan fingerprint density at radius 2 is 1.86 bits per heavy atom. The van der Waals surface area contributed by atoms with Crippen LogP contribution in [0.15, 0.2) is 57.9 Å². The number of phenols is 1. The van der Waals surface area contributed by atoms with Crippen LogP contribution in [-0.4, -0.2) is 23.4 Å². The third-order valence-corrected chi connectivity index (χ3v) is 5.34. The summed E-state index contributed by atoms with van der Waals surface area (Å²) in [5.41, 5.74) is 5.15. The molecule has 6 heteroatoms. The number of halogens is 1. The first kappa shape index (κ1) is 19.0. The Labute approximate surface area is 173 Å². The molecule has 0 radical (unpaired) electrons. The zero-order chi connectivity index (χ0) is 20.5. The minimum absolute atomic E-state index is 0.150. The summed E-state index contributed by atoms with van der Waals surface area (Å²) in [6.07, 6.45) is 1.61. The summed E-state index contributed by atoms with van der Waals surface area (Å²) >= 11 is 6.29. The summed E-state index contributed by atoms with van der Waals surface area (Å²) in [6.45, 7) is 3.72. The summed E-state index contributed by atoms with van der Waals surface area (Å²) in [4.78, 5) is 9.04. The molecule has 0 saturated carbocycles. The molecule has 0 fully saturated rings. The van der Waals surface area contributed by atoms with Gasteiger partial charge >= 0.3 is 0 Å². The highest BCUT2D eigenvalue weighted by atomic mass is 35.5. The van der Waals surface area contributed by atoms with Gasteiger partial charge in [-0.15, -0.1) is 0 Å². The van der Waals surface area contributed by atoms with Gasteiger partial charge in [0, 0.05) is 22.4 Å². The molecule has 4 rings (SSSR count). The van der Waals surface area contributed by atoms with Gasteiger partial charge in [0.15, 0.2) is 5.58 Å². The van der Waals surface area contributed by atoms with Gasteiger partial charge in [0.1, 0.15) is 17.0 Å². The van der Waals surface area contributed by atoms with Gasteiger partial charge in [-0.3, -0.25) is 4.99 Å². The molecule has 4 aromatic rings. The average Bonchev–Trinajstić information content (AvgIpc) is 3.15. The van der Waals surface area contributed by atoms with Crippen molar-refractivity contribution >= 4 is 34.6 Å². The third-order valence-electron chi connectivity index (χ3n) is 4.76. The summed E-state index contributed by atoms with van der Waals surface area (Å²) in [5, 5.41) is 10.9. The molecule has 0 aliphatic rings. The van der Waals surface area contributed by atoms with Crippen LogP contribution < -0.4 is 4.74 Å². The number of benzene rings is 3. The van der Waals surface area contributed by atoms with Crippen molar-refractivity contribution < 1.29 is 14.3 Å². The summed E-state index contributed by atoms with van der Waals surface area (Å²) < 4.78 is 11.0. The smallest absolute Gasteiger partial charge is 0.227 e. The zero-order valence-electron chi connectivity index (χ0n) is 16.2. The van der Waals surface area contributed by atoms with Crippen molar-refractivity contribution in [3.8, 4) is 23.0 Å². The van der Waals surface area contributed by atoms with Gasteiger partial charge in [-0.25, -0.2) is 4.98 Å². The van der Waals surface area contributed by atoms with Crippen molar-refractivity contribution in [2.45, 2.75) is 13.8 Å². The summed E-state index contributed by atoms with van der Waals surface area (Å²) in [6, 6.07) is 14.7. The maximum atomic E-state index is 10.2. The molecule has 0 unspecified atom stereocenters. The molecule has 0 aliphatic carbocycles.